The van der Waals surface area contributed by atoms with Crippen molar-refractivity contribution in [3.63, 3.8) is 0 Å². The van der Waals surface area contributed by atoms with Crippen LogP contribution in [0.5, 0.6) is 0 Å². The molecule has 1 aliphatic heterocycles. The molecule has 0 saturated carbocycles. The summed E-state index contributed by atoms with van der Waals surface area (Å²) in [6.07, 6.45) is 1.74. The average Bonchev–Trinajstić information content (AvgIpc) is 3.39. The van der Waals surface area contributed by atoms with Crippen LogP contribution in [0.3, 0.4) is 0 Å². The molecular formula is C19H20N4O2S. The summed E-state index contributed by atoms with van der Waals surface area (Å²) in [4.78, 5) is 17.4. The molecule has 26 heavy (non-hydrogen) atoms. The monoisotopic (exact) mass is 368 g/mol. The first-order valence-electron chi connectivity index (χ1n) is 8.72. The average molecular weight is 368 g/mol. The molecular weight excluding hydrogens is 348 g/mol. The van der Waals surface area contributed by atoms with E-state index in [9.17, 15) is 4.79 Å². The Morgan fingerprint density at radius 1 is 1.27 bits per heavy atom. The SMILES string of the molecule is O=C(CCCc1nc(-c2cccs2)no1)NCc1ccc2c(c1)CNC2. The molecule has 0 unspecified atom stereocenters. The van der Waals surface area contributed by atoms with Crippen LogP contribution in [0.4, 0.5) is 0 Å². The summed E-state index contributed by atoms with van der Waals surface area (Å²) < 4.78 is 5.25. The van der Waals surface area contributed by atoms with Crippen molar-refractivity contribution in [2.75, 3.05) is 0 Å². The zero-order chi connectivity index (χ0) is 17.8. The van der Waals surface area contributed by atoms with E-state index in [1.807, 2.05) is 17.5 Å². The van der Waals surface area contributed by atoms with Gasteiger partial charge in [-0.1, -0.05) is 29.4 Å². The van der Waals surface area contributed by atoms with Gasteiger partial charge in [0, 0.05) is 32.5 Å². The Balaban J connectivity index is 1.21. The van der Waals surface area contributed by atoms with E-state index in [1.54, 1.807) is 11.3 Å². The number of benzene rings is 1. The maximum absolute atomic E-state index is 12.0. The van der Waals surface area contributed by atoms with Gasteiger partial charge in [0.2, 0.25) is 17.6 Å². The van der Waals surface area contributed by atoms with Gasteiger partial charge in [-0.25, -0.2) is 0 Å². The number of carbonyl (C=O) groups is 1. The highest BCUT2D eigenvalue weighted by molar-refractivity contribution is 7.13. The third kappa shape index (κ3) is 4.00. The molecule has 0 spiro atoms. The second-order valence-corrected chi connectivity index (χ2v) is 7.27. The van der Waals surface area contributed by atoms with Crippen LogP contribution in [0.25, 0.3) is 10.7 Å². The van der Waals surface area contributed by atoms with E-state index in [0.29, 0.717) is 37.5 Å². The lowest BCUT2D eigenvalue weighted by Gasteiger charge is -2.06. The number of thiophene rings is 1. The fraction of sp³-hybridized carbons (Fsp3) is 0.316. The van der Waals surface area contributed by atoms with Gasteiger partial charge in [-0.3, -0.25) is 4.79 Å². The van der Waals surface area contributed by atoms with E-state index in [-0.39, 0.29) is 5.91 Å². The van der Waals surface area contributed by atoms with Crippen LogP contribution in [0.2, 0.25) is 0 Å². The van der Waals surface area contributed by atoms with Gasteiger partial charge in [0.1, 0.15) is 0 Å². The Morgan fingerprint density at radius 3 is 3.08 bits per heavy atom. The number of nitrogens with one attached hydrogen (secondary N) is 2. The van der Waals surface area contributed by atoms with Gasteiger partial charge in [-0.2, -0.15) is 4.98 Å². The van der Waals surface area contributed by atoms with Gasteiger partial charge in [0.05, 0.1) is 4.88 Å². The molecule has 0 radical (unpaired) electrons. The van der Waals surface area contributed by atoms with Crippen LogP contribution in [0.15, 0.2) is 40.2 Å². The highest BCUT2D eigenvalue weighted by atomic mass is 32.1. The zero-order valence-corrected chi connectivity index (χ0v) is 15.1. The molecule has 134 valence electrons. The molecule has 6 nitrogen and oxygen atoms in total. The summed E-state index contributed by atoms with van der Waals surface area (Å²) in [5, 5.41) is 12.3. The Kier molecular flexibility index (Phi) is 5.08. The molecule has 0 saturated heterocycles. The van der Waals surface area contributed by atoms with Crippen LogP contribution in [0.1, 0.15) is 35.4 Å². The summed E-state index contributed by atoms with van der Waals surface area (Å²) in [6.45, 7) is 2.41. The highest BCUT2D eigenvalue weighted by Gasteiger charge is 2.12. The fourth-order valence-electron chi connectivity index (χ4n) is 3.01. The van der Waals surface area contributed by atoms with Crippen molar-refractivity contribution in [1.29, 1.82) is 0 Å². The van der Waals surface area contributed by atoms with Crippen LogP contribution >= 0.6 is 11.3 Å². The minimum atomic E-state index is 0.0432. The van der Waals surface area contributed by atoms with Crippen LogP contribution < -0.4 is 10.6 Å². The zero-order valence-electron chi connectivity index (χ0n) is 14.3. The van der Waals surface area contributed by atoms with E-state index >= 15 is 0 Å². The second-order valence-electron chi connectivity index (χ2n) is 6.33. The Labute approximate surface area is 155 Å². The summed E-state index contributed by atoms with van der Waals surface area (Å²) in [6, 6.07) is 10.3. The van der Waals surface area contributed by atoms with Gasteiger partial charge in [-0.05, 0) is 34.6 Å². The molecule has 7 heteroatoms. The second kappa shape index (κ2) is 7.80. The van der Waals surface area contributed by atoms with Gasteiger partial charge in [0.15, 0.2) is 0 Å². The molecule has 1 amide bonds. The van der Waals surface area contributed by atoms with Crippen molar-refractivity contribution >= 4 is 17.2 Å². The molecule has 2 N–H and O–H groups in total. The van der Waals surface area contributed by atoms with Gasteiger partial charge in [-0.15, -0.1) is 11.3 Å². The van der Waals surface area contributed by atoms with E-state index < -0.39 is 0 Å². The van der Waals surface area contributed by atoms with Crippen molar-refractivity contribution in [2.45, 2.75) is 38.9 Å². The molecule has 0 aliphatic carbocycles. The summed E-state index contributed by atoms with van der Waals surface area (Å²) >= 11 is 1.58. The number of amides is 1. The highest BCUT2D eigenvalue weighted by Crippen LogP contribution is 2.21. The number of aryl methyl sites for hydroxylation is 1. The lowest BCUT2D eigenvalue weighted by atomic mass is 10.1. The van der Waals surface area contributed by atoms with Crippen molar-refractivity contribution in [1.82, 2.24) is 20.8 Å². The van der Waals surface area contributed by atoms with Gasteiger partial charge in [0.25, 0.3) is 0 Å². The molecule has 3 heterocycles. The number of aromatic nitrogens is 2. The number of carbonyl (C=O) groups excluding carboxylic acids is 1. The van der Waals surface area contributed by atoms with Crippen molar-refractivity contribution in [2.24, 2.45) is 0 Å². The van der Waals surface area contributed by atoms with Crippen molar-refractivity contribution in [3.8, 4) is 10.7 Å². The fourth-order valence-corrected chi connectivity index (χ4v) is 3.66. The van der Waals surface area contributed by atoms with E-state index in [1.165, 1.54) is 11.1 Å². The predicted octanol–water partition coefficient (Wildman–Crippen LogP) is 3.04. The third-order valence-electron chi connectivity index (χ3n) is 4.40. The lowest BCUT2D eigenvalue weighted by Crippen LogP contribution is -2.22. The molecule has 1 aromatic carbocycles. The smallest absolute Gasteiger partial charge is 0.226 e. The minimum absolute atomic E-state index is 0.0432. The number of rotatable bonds is 7. The van der Waals surface area contributed by atoms with Crippen molar-refractivity contribution in [3.05, 3.63) is 58.3 Å². The van der Waals surface area contributed by atoms with Crippen molar-refractivity contribution < 1.29 is 9.32 Å². The van der Waals surface area contributed by atoms with E-state index in [0.717, 1.165) is 23.5 Å². The Hall–Kier alpha value is -2.51. The van der Waals surface area contributed by atoms with E-state index in [2.05, 4.69) is 39.0 Å². The standard InChI is InChI=1S/C19H20N4O2S/c24-17(21-10-13-6-7-14-11-20-12-15(14)9-13)4-1-5-18-22-19(23-25-18)16-3-2-8-26-16/h2-3,6-9,20H,1,4-5,10-12H2,(H,21,24). The Bertz CT molecular complexity index is 889. The number of nitrogens with zero attached hydrogens (tertiary/aromatic N) is 2. The molecule has 2 aromatic heterocycles. The molecule has 0 fully saturated rings. The molecule has 4 rings (SSSR count). The quantitative estimate of drug-likeness (QED) is 0.670. The molecule has 3 aromatic rings. The number of hydrogen-bond donors (Lipinski definition) is 2. The first-order valence-corrected chi connectivity index (χ1v) is 9.60. The number of fused-ring (bicyclic) bond motifs is 1. The molecule has 0 atom stereocenters. The lowest BCUT2D eigenvalue weighted by molar-refractivity contribution is -0.121. The van der Waals surface area contributed by atoms with Gasteiger partial charge >= 0.3 is 0 Å². The van der Waals surface area contributed by atoms with Gasteiger partial charge < -0.3 is 15.2 Å². The first-order chi connectivity index (χ1) is 12.8. The largest absolute Gasteiger partial charge is 0.352 e. The topological polar surface area (TPSA) is 80.0 Å². The normalized spacial score (nSPS) is 12.9. The first kappa shape index (κ1) is 16.9. The summed E-state index contributed by atoms with van der Waals surface area (Å²) in [5.41, 5.74) is 3.81. The summed E-state index contributed by atoms with van der Waals surface area (Å²) in [7, 11) is 0. The molecule has 0 bridgehead atoms. The summed E-state index contributed by atoms with van der Waals surface area (Å²) in [5.74, 6) is 1.24. The minimum Gasteiger partial charge on any atom is -0.352 e. The van der Waals surface area contributed by atoms with E-state index in [4.69, 9.17) is 4.52 Å². The van der Waals surface area contributed by atoms with Crippen LogP contribution in [-0.2, 0) is 30.8 Å². The maximum atomic E-state index is 12.0. The predicted molar refractivity (Wildman–Crippen MR) is 99.4 cm³/mol. The third-order valence-corrected chi connectivity index (χ3v) is 5.26. The number of hydrogen-bond acceptors (Lipinski definition) is 6. The Morgan fingerprint density at radius 2 is 2.19 bits per heavy atom. The van der Waals surface area contributed by atoms with Crippen LogP contribution in [0, 0.1) is 0 Å². The van der Waals surface area contributed by atoms with Crippen LogP contribution in [-0.4, -0.2) is 16.0 Å². The molecule has 1 aliphatic rings. The maximum Gasteiger partial charge on any atom is 0.226 e.